The Morgan fingerprint density at radius 2 is 1.84 bits per heavy atom. The first-order valence-corrected chi connectivity index (χ1v) is 12.7. The Kier molecular flexibility index (Phi) is 5.52. The number of aromatic nitrogens is 2. The molecule has 0 bridgehead atoms. The number of fused-ring (bicyclic) bond motifs is 5. The van der Waals surface area contributed by atoms with Crippen LogP contribution < -0.4 is 0 Å². The fourth-order valence-corrected chi connectivity index (χ4v) is 8.99. The lowest BCUT2D eigenvalue weighted by Gasteiger charge is -2.56. The molecule has 9 unspecified atom stereocenters. The summed E-state index contributed by atoms with van der Waals surface area (Å²) in [6, 6.07) is 0. The van der Waals surface area contributed by atoms with Crippen LogP contribution in [0.15, 0.2) is 12.4 Å². The quantitative estimate of drug-likeness (QED) is 0.519. The number of hydrogen-bond donors (Lipinski definition) is 0. The Labute approximate surface area is 189 Å². The van der Waals surface area contributed by atoms with Crippen LogP contribution in [0.25, 0.3) is 0 Å². The van der Waals surface area contributed by atoms with E-state index in [1.54, 1.807) is 0 Å². The van der Waals surface area contributed by atoms with Gasteiger partial charge in [0, 0.05) is 12.1 Å². The van der Waals surface area contributed by atoms with Crippen LogP contribution in [-0.4, -0.2) is 15.6 Å². The monoisotopic (exact) mass is 450 g/mol. The number of carbonyl (C=O) groups is 1. The molecule has 4 aliphatic carbocycles. The predicted octanol–water partition coefficient (Wildman–Crippen LogP) is 6.62. The zero-order valence-electron chi connectivity index (χ0n) is 19.6. The van der Waals surface area contributed by atoms with Gasteiger partial charge in [0.25, 0.3) is 0 Å². The number of halogens is 3. The van der Waals surface area contributed by atoms with Crippen molar-refractivity contribution < 1.29 is 18.0 Å². The van der Waals surface area contributed by atoms with Gasteiger partial charge >= 0.3 is 6.18 Å². The molecule has 4 aliphatic rings. The van der Waals surface area contributed by atoms with E-state index in [0.717, 1.165) is 54.8 Å². The third-order valence-electron chi connectivity index (χ3n) is 10.2. The van der Waals surface area contributed by atoms with E-state index in [0.29, 0.717) is 11.8 Å². The molecule has 5 rings (SSSR count). The molecule has 0 spiro atoms. The Bertz CT molecular complexity index is 863. The zero-order valence-corrected chi connectivity index (χ0v) is 19.6. The minimum absolute atomic E-state index is 0.0214. The Hall–Kier alpha value is -1.33. The normalized spacial score (nSPS) is 43.9. The summed E-state index contributed by atoms with van der Waals surface area (Å²) in [5.41, 5.74) is -0.805. The molecule has 4 fully saturated rings. The van der Waals surface area contributed by atoms with E-state index in [1.807, 2.05) is 0 Å². The molecule has 32 heavy (non-hydrogen) atoms. The number of Topliss-reactive ketones (excluding diaryl/α,β-unsaturated/α-hetero) is 1. The lowest BCUT2D eigenvalue weighted by Crippen LogP contribution is -2.50. The Morgan fingerprint density at radius 3 is 2.56 bits per heavy atom. The molecule has 178 valence electrons. The maximum atomic E-state index is 13.4. The number of carbonyl (C=O) groups excluding carboxylic acids is 1. The van der Waals surface area contributed by atoms with Crippen LogP contribution in [0.4, 0.5) is 13.2 Å². The molecule has 4 saturated carbocycles. The molecular formula is C26H37F3N2O. The van der Waals surface area contributed by atoms with Crippen LogP contribution >= 0.6 is 0 Å². The van der Waals surface area contributed by atoms with Gasteiger partial charge in [-0.15, -0.1) is 0 Å². The molecule has 0 radical (unpaired) electrons. The number of rotatable bonds is 3. The van der Waals surface area contributed by atoms with Crippen molar-refractivity contribution in [1.82, 2.24) is 9.78 Å². The molecular weight excluding hydrogens is 413 g/mol. The number of ketones is 1. The first-order valence-electron chi connectivity index (χ1n) is 12.7. The molecule has 1 aromatic rings. The van der Waals surface area contributed by atoms with Crippen LogP contribution in [0.2, 0.25) is 0 Å². The number of alkyl halides is 3. The first kappa shape index (κ1) is 22.5. The van der Waals surface area contributed by atoms with Gasteiger partial charge in [-0.3, -0.25) is 9.48 Å². The van der Waals surface area contributed by atoms with Crippen LogP contribution in [0.5, 0.6) is 0 Å². The van der Waals surface area contributed by atoms with Gasteiger partial charge in [0.2, 0.25) is 0 Å². The van der Waals surface area contributed by atoms with E-state index in [2.05, 4.69) is 25.9 Å². The van der Waals surface area contributed by atoms with E-state index < -0.39 is 11.7 Å². The lowest BCUT2D eigenvalue weighted by molar-refractivity contribution is -0.138. The Morgan fingerprint density at radius 1 is 1.09 bits per heavy atom. The average Bonchev–Trinajstić information content (AvgIpc) is 3.29. The van der Waals surface area contributed by atoms with Crippen LogP contribution in [0, 0.1) is 52.8 Å². The molecule has 1 heterocycles. The summed E-state index contributed by atoms with van der Waals surface area (Å²) in [6.07, 6.45) is 7.37. The van der Waals surface area contributed by atoms with Crippen LogP contribution in [-0.2, 0) is 17.5 Å². The predicted molar refractivity (Wildman–Crippen MR) is 117 cm³/mol. The summed E-state index contributed by atoms with van der Waals surface area (Å²) >= 11 is 0. The molecule has 3 nitrogen and oxygen atoms in total. The smallest absolute Gasteiger partial charge is 0.297 e. The average molecular weight is 451 g/mol. The first-order chi connectivity index (χ1) is 15.1. The van der Waals surface area contributed by atoms with Crippen molar-refractivity contribution in [2.45, 2.75) is 84.9 Å². The second kappa shape index (κ2) is 7.87. The molecule has 1 aromatic heterocycles. The number of nitrogens with zero attached hydrogens (tertiary/aromatic N) is 2. The molecule has 6 heteroatoms. The highest BCUT2D eigenvalue weighted by Crippen LogP contribution is 2.66. The summed E-state index contributed by atoms with van der Waals surface area (Å²) in [4.78, 5) is 13.4. The largest absolute Gasteiger partial charge is 0.419 e. The van der Waals surface area contributed by atoms with Gasteiger partial charge < -0.3 is 0 Å². The highest BCUT2D eigenvalue weighted by Gasteiger charge is 2.60. The van der Waals surface area contributed by atoms with E-state index in [4.69, 9.17) is 0 Å². The third kappa shape index (κ3) is 3.64. The van der Waals surface area contributed by atoms with E-state index >= 15 is 0 Å². The SMILES string of the molecule is CC1CCC2C(CCC3C2CCC2(C)C(C(=O)Cn4cc(C(F)(F)F)cn4)CC(C)C32)C1. The molecule has 0 amide bonds. The van der Waals surface area contributed by atoms with Gasteiger partial charge in [0.05, 0.1) is 18.3 Å². The lowest BCUT2D eigenvalue weighted by atomic mass is 9.48. The van der Waals surface area contributed by atoms with Gasteiger partial charge in [-0.1, -0.05) is 27.2 Å². The van der Waals surface area contributed by atoms with Crippen molar-refractivity contribution in [2.24, 2.45) is 52.8 Å². The number of hydrogen-bond acceptors (Lipinski definition) is 2. The summed E-state index contributed by atoms with van der Waals surface area (Å²) in [5.74, 6) is 5.26. The van der Waals surface area contributed by atoms with Crippen molar-refractivity contribution in [3.8, 4) is 0 Å². The Balaban J connectivity index is 1.33. The van der Waals surface area contributed by atoms with E-state index in [9.17, 15) is 18.0 Å². The van der Waals surface area contributed by atoms with Crippen LogP contribution in [0.1, 0.15) is 77.7 Å². The maximum Gasteiger partial charge on any atom is 0.419 e. The summed E-state index contributed by atoms with van der Waals surface area (Å²) in [5, 5.41) is 3.83. The fraction of sp³-hybridized carbons (Fsp3) is 0.846. The topological polar surface area (TPSA) is 34.9 Å². The van der Waals surface area contributed by atoms with Gasteiger partial charge in [-0.05, 0) is 91.8 Å². The molecule has 0 N–H and O–H groups in total. The molecule has 0 saturated heterocycles. The van der Waals surface area contributed by atoms with Gasteiger partial charge in [0.1, 0.15) is 0 Å². The summed E-state index contributed by atoms with van der Waals surface area (Å²) in [7, 11) is 0. The molecule has 0 aromatic carbocycles. The molecule has 0 aliphatic heterocycles. The minimum atomic E-state index is -4.42. The van der Waals surface area contributed by atoms with Crippen molar-refractivity contribution in [1.29, 1.82) is 0 Å². The van der Waals surface area contributed by atoms with Gasteiger partial charge in [-0.2, -0.15) is 18.3 Å². The zero-order chi connectivity index (χ0) is 22.8. The fourth-order valence-electron chi connectivity index (χ4n) is 8.99. The van der Waals surface area contributed by atoms with E-state index in [-0.39, 0.29) is 23.7 Å². The second-order valence-electron chi connectivity index (χ2n) is 12.0. The minimum Gasteiger partial charge on any atom is -0.297 e. The summed E-state index contributed by atoms with van der Waals surface area (Å²) < 4.78 is 40.0. The van der Waals surface area contributed by atoms with Crippen molar-refractivity contribution in [3.63, 3.8) is 0 Å². The van der Waals surface area contributed by atoms with E-state index in [1.165, 1.54) is 43.2 Å². The van der Waals surface area contributed by atoms with Crippen molar-refractivity contribution >= 4 is 5.78 Å². The maximum absolute atomic E-state index is 13.4. The highest BCUT2D eigenvalue weighted by atomic mass is 19.4. The summed E-state index contributed by atoms with van der Waals surface area (Å²) in [6.45, 7) is 7.00. The standard InChI is InChI=1S/C26H37F3N2O/c1-15-4-6-19-17(10-15)5-7-21-20(19)8-9-25(3)22(11-16(2)24(21)25)23(32)14-31-13-18(12-30-31)26(27,28)29/h12-13,15-17,19-22,24H,4-11,14H2,1-3H3. The molecule has 9 atom stereocenters. The van der Waals surface area contributed by atoms with Crippen molar-refractivity contribution in [2.75, 3.05) is 0 Å². The highest BCUT2D eigenvalue weighted by molar-refractivity contribution is 5.82. The second-order valence-corrected chi connectivity index (χ2v) is 12.0. The third-order valence-corrected chi connectivity index (χ3v) is 10.2. The van der Waals surface area contributed by atoms with Crippen molar-refractivity contribution in [3.05, 3.63) is 18.0 Å². The van der Waals surface area contributed by atoms with Crippen LogP contribution in [0.3, 0.4) is 0 Å². The van der Waals surface area contributed by atoms with Gasteiger partial charge in [-0.25, -0.2) is 0 Å². The van der Waals surface area contributed by atoms with Gasteiger partial charge in [0.15, 0.2) is 5.78 Å².